The van der Waals surface area contributed by atoms with Crippen LogP contribution in [0.25, 0.3) is 0 Å². The van der Waals surface area contributed by atoms with Crippen molar-refractivity contribution in [3.05, 3.63) is 36.0 Å². The number of carbonyl (C=O) groups excluding carboxylic acids is 2. The quantitative estimate of drug-likeness (QED) is 0.725. The first-order chi connectivity index (χ1) is 10.4. The minimum Gasteiger partial charge on any atom is -0.361 e. The fraction of sp³-hybridized carbons (Fsp3) is 0.286. The fourth-order valence-corrected chi connectivity index (χ4v) is 3.02. The first kappa shape index (κ1) is 16.0. The summed E-state index contributed by atoms with van der Waals surface area (Å²) in [6, 6.07) is 4.63. The number of ketones is 1. The Morgan fingerprint density at radius 3 is 2.36 bits per heavy atom. The van der Waals surface area contributed by atoms with Crippen LogP contribution in [0.1, 0.15) is 25.7 Å². The molecule has 1 aromatic rings. The number of amides is 2. The van der Waals surface area contributed by atoms with Gasteiger partial charge in [-0.3, -0.25) is 4.79 Å². The Hall–Kier alpha value is -2.35. The van der Waals surface area contributed by atoms with E-state index in [0.717, 1.165) is 24.8 Å². The average Bonchev–Trinajstić information content (AvgIpc) is 2.45. The van der Waals surface area contributed by atoms with E-state index in [4.69, 9.17) is 5.73 Å². The molecular formula is C14H17N3O4S. The number of primary amides is 1. The van der Waals surface area contributed by atoms with Crippen molar-refractivity contribution in [3.63, 3.8) is 0 Å². The van der Waals surface area contributed by atoms with Crippen LogP contribution in [0.3, 0.4) is 0 Å². The first-order valence-electron chi connectivity index (χ1n) is 6.79. The average molecular weight is 323 g/mol. The van der Waals surface area contributed by atoms with E-state index >= 15 is 0 Å². The molecule has 0 spiro atoms. The molecule has 0 heterocycles. The molecule has 118 valence electrons. The molecule has 1 fully saturated rings. The van der Waals surface area contributed by atoms with Crippen LogP contribution in [-0.4, -0.2) is 20.2 Å². The largest absolute Gasteiger partial charge is 0.361 e. The molecular weight excluding hydrogens is 306 g/mol. The van der Waals surface area contributed by atoms with E-state index in [1.807, 2.05) is 0 Å². The normalized spacial score (nSPS) is 17.3. The molecule has 4 N–H and O–H groups in total. The van der Waals surface area contributed by atoms with E-state index in [9.17, 15) is 18.0 Å². The first-order valence-corrected chi connectivity index (χ1v) is 8.28. The van der Waals surface area contributed by atoms with Crippen LogP contribution >= 0.6 is 0 Å². The van der Waals surface area contributed by atoms with Crippen molar-refractivity contribution in [2.75, 3.05) is 5.32 Å². The lowest BCUT2D eigenvalue weighted by atomic mass is 9.94. The highest BCUT2D eigenvalue weighted by atomic mass is 32.2. The smallest absolute Gasteiger partial charge is 0.326 e. The van der Waals surface area contributed by atoms with Gasteiger partial charge in [-0.25, -0.2) is 17.9 Å². The number of nitrogens with two attached hydrogens (primary N) is 1. The van der Waals surface area contributed by atoms with E-state index in [1.54, 1.807) is 23.1 Å². The molecule has 1 aromatic carbocycles. The zero-order chi connectivity index (χ0) is 16.2. The zero-order valence-electron chi connectivity index (χ0n) is 11.8. The Morgan fingerprint density at radius 1 is 1.14 bits per heavy atom. The molecule has 0 radical (unpaired) electrons. The number of urea groups is 1. The third kappa shape index (κ3) is 4.08. The molecule has 0 atom stereocenters. The summed E-state index contributed by atoms with van der Waals surface area (Å²) >= 11 is 0. The van der Waals surface area contributed by atoms with Crippen LogP contribution in [0.5, 0.6) is 0 Å². The van der Waals surface area contributed by atoms with Crippen molar-refractivity contribution in [1.29, 1.82) is 0 Å². The van der Waals surface area contributed by atoms with Crippen molar-refractivity contribution < 1.29 is 18.0 Å². The number of nitrogens with one attached hydrogen (secondary N) is 2. The summed E-state index contributed by atoms with van der Waals surface area (Å²) in [6.07, 6.45) is 4.90. The summed E-state index contributed by atoms with van der Waals surface area (Å²) in [6.45, 7) is 0. The zero-order valence-corrected chi connectivity index (χ0v) is 12.7. The van der Waals surface area contributed by atoms with Crippen molar-refractivity contribution in [2.45, 2.75) is 30.6 Å². The van der Waals surface area contributed by atoms with E-state index in [-0.39, 0.29) is 10.7 Å². The van der Waals surface area contributed by atoms with Gasteiger partial charge in [-0.2, -0.15) is 0 Å². The van der Waals surface area contributed by atoms with Gasteiger partial charge in [-0.15, -0.1) is 0 Å². The maximum Gasteiger partial charge on any atom is 0.326 e. The van der Waals surface area contributed by atoms with Gasteiger partial charge in [0.05, 0.1) is 4.90 Å². The molecule has 0 aromatic heterocycles. The second kappa shape index (κ2) is 6.61. The fourth-order valence-electron chi connectivity index (χ4n) is 2.15. The SMILES string of the molecule is NC(=O)NS(=O)(=O)c1ccc(NC=C2CCCCC2=O)cc1. The van der Waals surface area contributed by atoms with Crippen molar-refractivity contribution in [3.8, 4) is 0 Å². The number of hydrogen-bond donors (Lipinski definition) is 3. The highest BCUT2D eigenvalue weighted by molar-refractivity contribution is 7.90. The highest BCUT2D eigenvalue weighted by Crippen LogP contribution is 2.20. The lowest BCUT2D eigenvalue weighted by Gasteiger charge is -2.13. The number of carbonyl (C=O) groups is 2. The Bertz CT molecular complexity index is 708. The van der Waals surface area contributed by atoms with E-state index in [2.05, 4.69) is 5.32 Å². The maximum absolute atomic E-state index is 11.7. The third-order valence-corrected chi connectivity index (χ3v) is 4.63. The molecule has 2 rings (SSSR count). The molecule has 2 amide bonds. The standard InChI is InChI=1S/C14H17N3O4S/c15-14(19)17-22(20,21)12-7-5-11(6-8-12)16-9-10-3-1-2-4-13(10)18/h5-9,16H,1-4H2,(H3,15,17,19). The molecule has 0 bridgehead atoms. The van der Waals surface area contributed by atoms with Crippen LogP contribution in [0, 0.1) is 0 Å². The van der Waals surface area contributed by atoms with Gasteiger partial charge in [-0.05, 0) is 43.5 Å². The Labute approximate surface area is 128 Å². The Balaban J connectivity index is 2.08. The topological polar surface area (TPSA) is 118 Å². The van der Waals surface area contributed by atoms with Gasteiger partial charge in [0, 0.05) is 23.9 Å². The number of hydrogen-bond acceptors (Lipinski definition) is 5. The molecule has 0 aliphatic heterocycles. The van der Waals surface area contributed by atoms with E-state index in [1.165, 1.54) is 12.1 Å². The predicted molar refractivity (Wildman–Crippen MR) is 81.5 cm³/mol. The molecule has 1 aliphatic rings. The van der Waals surface area contributed by atoms with Gasteiger partial charge in [0.1, 0.15) is 0 Å². The van der Waals surface area contributed by atoms with Gasteiger partial charge >= 0.3 is 6.03 Å². The van der Waals surface area contributed by atoms with Crippen LogP contribution in [-0.2, 0) is 14.8 Å². The second-order valence-electron chi connectivity index (χ2n) is 4.94. The van der Waals surface area contributed by atoms with Gasteiger partial charge < -0.3 is 11.1 Å². The lowest BCUT2D eigenvalue weighted by molar-refractivity contribution is -0.116. The van der Waals surface area contributed by atoms with Gasteiger partial charge in [0.2, 0.25) is 0 Å². The summed E-state index contributed by atoms with van der Waals surface area (Å²) in [5, 5.41) is 2.97. The third-order valence-electron chi connectivity index (χ3n) is 3.27. The molecule has 22 heavy (non-hydrogen) atoms. The van der Waals surface area contributed by atoms with Crippen LogP contribution < -0.4 is 15.8 Å². The van der Waals surface area contributed by atoms with Crippen molar-refractivity contribution >= 4 is 27.5 Å². The molecule has 1 saturated carbocycles. The summed E-state index contributed by atoms with van der Waals surface area (Å²) in [5.41, 5.74) is 6.20. The van der Waals surface area contributed by atoms with Gasteiger partial charge in [0.25, 0.3) is 10.0 Å². The summed E-state index contributed by atoms with van der Waals surface area (Å²) in [7, 11) is -3.94. The minimum absolute atomic E-state index is 0.0711. The number of anilines is 1. The summed E-state index contributed by atoms with van der Waals surface area (Å²) < 4.78 is 25.1. The molecule has 8 heteroatoms. The number of Topliss-reactive ketones (excluding diaryl/α,β-unsaturated/α-hetero) is 1. The molecule has 0 unspecified atom stereocenters. The van der Waals surface area contributed by atoms with Crippen LogP contribution in [0.15, 0.2) is 40.9 Å². The molecule has 7 nitrogen and oxygen atoms in total. The van der Waals surface area contributed by atoms with E-state index in [0.29, 0.717) is 12.1 Å². The molecule has 1 aliphatic carbocycles. The van der Waals surface area contributed by atoms with Crippen molar-refractivity contribution in [1.82, 2.24) is 4.72 Å². The van der Waals surface area contributed by atoms with Crippen molar-refractivity contribution in [2.24, 2.45) is 5.73 Å². The van der Waals surface area contributed by atoms with E-state index < -0.39 is 16.1 Å². The van der Waals surface area contributed by atoms with Gasteiger partial charge in [-0.1, -0.05) is 0 Å². The number of benzene rings is 1. The van der Waals surface area contributed by atoms with Crippen LogP contribution in [0.4, 0.5) is 10.5 Å². The maximum atomic E-state index is 11.7. The summed E-state index contributed by atoms with van der Waals surface area (Å²) in [5.74, 6) is 0.142. The monoisotopic (exact) mass is 323 g/mol. The predicted octanol–water partition coefficient (Wildman–Crippen LogP) is 1.48. The number of sulfonamides is 1. The van der Waals surface area contributed by atoms with Crippen LogP contribution in [0.2, 0.25) is 0 Å². The van der Waals surface area contributed by atoms with Gasteiger partial charge in [0.15, 0.2) is 5.78 Å². The molecule has 0 saturated heterocycles. The number of rotatable bonds is 4. The second-order valence-corrected chi connectivity index (χ2v) is 6.62. The Morgan fingerprint density at radius 2 is 1.77 bits per heavy atom. The lowest BCUT2D eigenvalue weighted by Crippen LogP contribution is -2.34. The minimum atomic E-state index is -3.94. The Kier molecular flexibility index (Phi) is 4.81. The number of allylic oxidation sites excluding steroid dienone is 1. The summed E-state index contributed by atoms with van der Waals surface area (Å²) in [4.78, 5) is 22.2. The highest BCUT2D eigenvalue weighted by Gasteiger charge is 2.16.